The average molecular weight is 326 g/mol. The van der Waals surface area contributed by atoms with E-state index in [2.05, 4.69) is 13.0 Å². The van der Waals surface area contributed by atoms with Gasteiger partial charge in [0.05, 0.1) is 4.88 Å². The second-order valence-electron chi connectivity index (χ2n) is 6.43. The molecule has 1 amide bonds. The molecule has 21 heavy (non-hydrogen) atoms. The summed E-state index contributed by atoms with van der Waals surface area (Å²) in [5, 5.41) is 0.222. The van der Waals surface area contributed by atoms with Crippen LogP contribution in [-0.4, -0.2) is 29.3 Å². The number of carbonyl (C=O) groups is 1. The van der Waals surface area contributed by atoms with Gasteiger partial charge in [0.25, 0.3) is 5.91 Å². The first-order chi connectivity index (χ1) is 10.1. The maximum absolute atomic E-state index is 12.7. The Bertz CT molecular complexity index is 479. The topological polar surface area (TPSA) is 20.3 Å². The highest BCUT2D eigenvalue weighted by Crippen LogP contribution is 2.31. The van der Waals surface area contributed by atoms with Crippen molar-refractivity contribution in [2.45, 2.75) is 57.2 Å². The molecule has 0 saturated carbocycles. The van der Waals surface area contributed by atoms with E-state index in [1.54, 1.807) is 11.3 Å². The molecule has 0 radical (unpaired) electrons. The van der Waals surface area contributed by atoms with E-state index >= 15 is 0 Å². The molecule has 0 N–H and O–H groups in total. The number of fused-ring (bicyclic) bond motifs is 1. The number of hydrogen-bond acceptors (Lipinski definition) is 2. The Morgan fingerprint density at radius 3 is 2.71 bits per heavy atom. The van der Waals surface area contributed by atoms with Gasteiger partial charge in [0, 0.05) is 23.3 Å². The van der Waals surface area contributed by atoms with Crippen molar-refractivity contribution in [1.29, 1.82) is 0 Å². The van der Waals surface area contributed by atoms with Crippen molar-refractivity contribution in [3.8, 4) is 0 Å². The SMILES string of the molecule is CC(Cl)C1CCN(C(=O)c2cc3c(s2)CCCCC3)CC1. The summed E-state index contributed by atoms with van der Waals surface area (Å²) in [5.74, 6) is 0.810. The fourth-order valence-corrected chi connectivity index (χ4v) is 4.96. The minimum absolute atomic E-state index is 0.222. The molecule has 1 aliphatic carbocycles. The van der Waals surface area contributed by atoms with E-state index in [9.17, 15) is 4.79 Å². The van der Waals surface area contributed by atoms with Crippen LogP contribution in [0.2, 0.25) is 0 Å². The predicted octanol–water partition coefficient (Wildman–Crippen LogP) is 4.50. The fraction of sp³-hybridized carbons (Fsp3) is 0.706. The molecule has 1 aromatic rings. The van der Waals surface area contributed by atoms with Gasteiger partial charge >= 0.3 is 0 Å². The number of carbonyl (C=O) groups excluding carboxylic acids is 1. The lowest BCUT2D eigenvalue weighted by Crippen LogP contribution is -2.39. The quantitative estimate of drug-likeness (QED) is 0.579. The van der Waals surface area contributed by atoms with E-state index in [4.69, 9.17) is 11.6 Å². The molecule has 1 aromatic heterocycles. The molecule has 0 aromatic carbocycles. The first-order valence-electron chi connectivity index (χ1n) is 8.20. The molecule has 1 aliphatic heterocycles. The number of amides is 1. The average Bonchev–Trinajstić information content (AvgIpc) is 2.77. The standard InChI is InChI=1S/C17H24ClNOS/c1-12(18)13-7-9-19(10-8-13)17(20)16-11-14-5-3-2-4-6-15(14)21-16/h11-13H,2-10H2,1H3. The van der Waals surface area contributed by atoms with Gasteiger partial charge in [0.2, 0.25) is 0 Å². The Morgan fingerprint density at radius 1 is 1.29 bits per heavy atom. The second-order valence-corrected chi connectivity index (χ2v) is 8.25. The smallest absolute Gasteiger partial charge is 0.263 e. The number of piperidine rings is 1. The third-order valence-electron chi connectivity index (χ3n) is 4.93. The fourth-order valence-electron chi connectivity index (χ4n) is 3.49. The molecule has 2 aliphatic rings. The zero-order valence-corrected chi connectivity index (χ0v) is 14.3. The van der Waals surface area contributed by atoms with Crippen LogP contribution in [0.25, 0.3) is 0 Å². The lowest BCUT2D eigenvalue weighted by atomic mass is 9.94. The van der Waals surface area contributed by atoms with Gasteiger partial charge in [-0.15, -0.1) is 22.9 Å². The van der Waals surface area contributed by atoms with Crippen molar-refractivity contribution in [1.82, 2.24) is 4.90 Å². The maximum Gasteiger partial charge on any atom is 0.263 e. The predicted molar refractivity (Wildman–Crippen MR) is 89.5 cm³/mol. The van der Waals surface area contributed by atoms with E-state index in [1.165, 1.54) is 36.1 Å². The number of alkyl halides is 1. The molecule has 3 rings (SSSR count). The van der Waals surface area contributed by atoms with Gasteiger partial charge in [-0.3, -0.25) is 4.79 Å². The second kappa shape index (κ2) is 6.70. The molecule has 1 saturated heterocycles. The molecule has 2 heterocycles. The Hall–Kier alpha value is -0.540. The summed E-state index contributed by atoms with van der Waals surface area (Å²) in [5.41, 5.74) is 1.44. The number of nitrogens with zero attached hydrogens (tertiary/aromatic N) is 1. The zero-order chi connectivity index (χ0) is 14.8. The third-order valence-corrected chi connectivity index (χ3v) is 6.52. The lowest BCUT2D eigenvalue weighted by Gasteiger charge is -2.32. The van der Waals surface area contributed by atoms with Gasteiger partial charge in [0.15, 0.2) is 0 Å². The number of likely N-dealkylation sites (tertiary alicyclic amines) is 1. The summed E-state index contributed by atoms with van der Waals surface area (Å²) in [6.07, 6.45) is 8.29. The number of rotatable bonds is 2. The van der Waals surface area contributed by atoms with Crippen molar-refractivity contribution in [2.75, 3.05) is 13.1 Å². The van der Waals surface area contributed by atoms with E-state index in [-0.39, 0.29) is 11.3 Å². The Morgan fingerprint density at radius 2 is 2.00 bits per heavy atom. The zero-order valence-electron chi connectivity index (χ0n) is 12.7. The Labute approximate surface area is 136 Å². The van der Waals surface area contributed by atoms with Crippen LogP contribution >= 0.6 is 22.9 Å². The van der Waals surface area contributed by atoms with Crippen LogP contribution < -0.4 is 0 Å². The van der Waals surface area contributed by atoms with Crippen molar-refractivity contribution in [3.05, 3.63) is 21.4 Å². The normalized spacial score (nSPS) is 21.7. The molecule has 1 atom stereocenters. The summed E-state index contributed by atoms with van der Waals surface area (Å²) in [7, 11) is 0. The van der Waals surface area contributed by atoms with Gasteiger partial charge in [-0.05, 0) is 63.0 Å². The van der Waals surface area contributed by atoms with Crippen LogP contribution in [0.3, 0.4) is 0 Å². The van der Waals surface area contributed by atoms with Crippen molar-refractivity contribution < 1.29 is 4.79 Å². The monoisotopic (exact) mass is 325 g/mol. The minimum atomic E-state index is 0.222. The van der Waals surface area contributed by atoms with Crippen molar-refractivity contribution in [3.63, 3.8) is 0 Å². The molecular weight excluding hydrogens is 302 g/mol. The molecule has 116 valence electrons. The van der Waals surface area contributed by atoms with Crippen LogP contribution in [0, 0.1) is 5.92 Å². The summed E-state index contributed by atoms with van der Waals surface area (Å²) < 4.78 is 0. The summed E-state index contributed by atoms with van der Waals surface area (Å²) in [6.45, 7) is 3.80. The van der Waals surface area contributed by atoms with Gasteiger partial charge in [-0.1, -0.05) is 6.42 Å². The molecule has 4 heteroatoms. The van der Waals surface area contributed by atoms with Gasteiger partial charge < -0.3 is 4.90 Å². The van der Waals surface area contributed by atoms with Crippen LogP contribution in [0.4, 0.5) is 0 Å². The molecule has 1 fully saturated rings. The number of halogens is 1. The largest absolute Gasteiger partial charge is 0.338 e. The van der Waals surface area contributed by atoms with Crippen LogP contribution in [0.5, 0.6) is 0 Å². The third kappa shape index (κ3) is 3.45. The highest BCUT2D eigenvalue weighted by molar-refractivity contribution is 7.14. The number of hydrogen-bond donors (Lipinski definition) is 0. The van der Waals surface area contributed by atoms with E-state index in [0.717, 1.165) is 37.2 Å². The Balaban J connectivity index is 1.66. The van der Waals surface area contributed by atoms with E-state index in [0.29, 0.717) is 5.92 Å². The molecule has 2 nitrogen and oxygen atoms in total. The van der Waals surface area contributed by atoms with Crippen LogP contribution in [-0.2, 0) is 12.8 Å². The lowest BCUT2D eigenvalue weighted by molar-refractivity contribution is 0.0695. The maximum atomic E-state index is 12.7. The molecule has 0 spiro atoms. The summed E-state index contributed by atoms with van der Waals surface area (Å²) in [4.78, 5) is 17.1. The minimum Gasteiger partial charge on any atom is -0.338 e. The van der Waals surface area contributed by atoms with Gasteiger partial charge in [0.1, 0.15) is 0 Å². The summed E-state index contributed by atoms with van der Waals surface area (Å²) in [6, 6.07) is 2.17. The molecule has 0 bridgehead atoms. The Kier molecular flexibility index (Phi) is 4.90. The van der Waals surface area contributed by atoms with Crippen molar-refractivity contribution >= 4 is 28.8 Å². The van der Waals surface area contributed by atoms with E-state index < -0.39 is 0 Å². The highest BCUT2D eigenvalue weighted by Gasteiger charge is 2.27. The number of thiophene rings is 1. The first kappa shape index (κ1) is 15.4. The molecule has 1 unspecified atom stereocenters. The molecular formula is C17H24ClNOS. The highest BCUT2D eigenvalue weighted by atomic mass is 35.5. The van der Waals surface area contributed by atoms with Gasteiger partial charge in [-0.2, -0.15) is 0 Å². The van der Waals surface area contributed by atoms with Crippen LogP contribution in [0.1, 0.15) is 59.1 Å². The number of aryl methyl sites for hydroxylation is 2. The summed E-state index contributed by atoms with van der Waals surface area (Å²) >= 11 is 7.92. The van der Waals surface area contributed by atoms with Crippen LogP contribution in [0.15, 0.2) is 6.07 Å². The van der Waals surface area contributed by atoms with Gasteiger partial charge in [-0.25, -0.2) is 0 Å². The van der Waals surface area contributed by atoms with E-state index in [1.807, 2.05) is 4.90 Å². The first-order valence-corrected chi connectivity index (χ1v) is 9.45. The van der Waals surface area contributed by atoms with Crippen molar-refractivity contribution in [2.24, 2.45) is 5.92 Å².